The van der Waals surface area contributed by atoms with Crippen LogP contribution in [0.5, 0.6) is 11.6 Å². The van der Waals surface area contributed by atoms with Crippen molar-refractivity contribution in [3.63, 3.8) is 0 Å². The number of carbonyl (C=O) groups excluding carboxylic acids is 1. The van der Waals surface area contributed by atoms with Gasteiger partial charge in [0.15, 0.2) is 0 Å². The van der Waals surface area contributed by atoms with Crippen LogP contribution in [-0.4, -0.2) is 48.8 Å². The largest absolute Gasteiger partial charge is 0.492 e. The van der Waals surface area contributed by atoms with Crippen LogP contribution in [0, 0.1) is 5.92 Å². The first kappa shape index (κ1) is 21.1. The Morgan fingerprint density at radius 3 is 2.84 bits per heavy atom. The summed E-state index contributed by atoms with van der Waals surface area (Å²) in [5.74, 6) is 1.61. The van der Waals surface area contributed by atoms with Gasteiger partial charge in [-0.25, -0.2) is 4.98 Å². The number of carbonyl (C=O) groups is 1. The van der Waals surface area contributed by atoms with E-state index in [2.05, 4.69) is 15.3 Å². The van der Waals surface area contributed by atoms with Crippen molar-refractivity contribution < 1.29 is 19.0 Å². The van der Waals surface area contributed by atoms with Crippen LogP contribution in [0.25, 0.3) is 22.0 Å². The van der Waals surface area contributed by atoms with Gasteiger partial charge in [0.1, 0.15) is 5.75 Å². The summed E-state index contributed by atoms with van der Waals surface area (Å²) in [6, 6.07) is 11.8. The maximum Gasteiger partial charge on any atom is 0.220 e. The van der Waals surface area contributed by atoms with E-state index in [9.17, 15) is 4.79 Å². The number of ether oxygens (including phenoxy) is 3. The number of amides is 1. The maximum absolute atomic E-state index is 11.5. The van der Waals surface area contributed by atoms with E-state index in [1.54, 1.807) is 19.5 Å². The number of hydrogen-bond acceptors (Lipinski definition) is 6. The first-order valence-corrected chi connectivity index (χ1v) is 10.5. The van der Waals surface area contributed by atoms with Crippen molar-refractivity contribution in [2.45, 2.75) is 25.9 Å². The van der Waals surface area contributed by atoms with E-state index in [4.69, 9.17) is 14.2 Å². The second-order valence-corrected chi connectivity index (χ2v) is 7.82. The predicted octanol–water partition coefficient (Wildman–Crippen LogP) is 3.62. The normalized spacial score (nSPS) is 16.8. The third-order valence-electron chi connectivity index (χ3n) is 5.34. The lowest BCUT2D eigenvalue weighted by molar-refractivity contribution is -0.119. The van der Waals surface area contributed by atoms with Crippen LogP contribution < -0.4 is 14.8 Å². The van der Waals surface area contributed by atoms with Crippen LogP contribution in [0.15, 0.2) is 48.8 Å². The molecule has 1 aliphatic heterocycles. The first-order chi connectivity index (χ1) is 15.1. The van der Waals surface area contributed by atoms with Gasteiger partial charge >= 0.3 is 0 Å². The summed E-state index contributed by atoms with van der Waals surface area (Å²) in [6.07, 6.45) is 4.90. The van der Waals surface area contributed by atoms with E-state index >= 15 is 0 Å². The molecule has 2 aromatic heterocycles. The molecular weight excluding hydrogens is 394 g/mol. The average molecular weight is 421 g/mol. The smallest absolute Gasteiger partial charge is 0.220 e. The van der Waals surface area contributed by atoms with E-state index in [0.717, 1.165) is 34.2 Å². The van der Waals surface area contributed by atoms with E-state index in [0.29, 0.717) is 32.1 Å². The lowest BCUT2D eigenvalue weighted by Gasteiger charge is -2.15. The summed E-state index contributed by atoms with van der Waals surface area (Å²) in [5.41, 5.74) is 2.77. The summed E-state index contributed by atoms with van der Waals surface area (Å²) in [6.45, 7) is 3.79. The number of benzene rings is 1. The van der Waals surface area contributed by atoms with Crippen LogP contribution >= 0.6 is 0 Å². The Bertz CT molecular complexity index is 1040. The molecule has 7 heteroatoms. The number of aromatic nitrogens is 2. The minimum Gasteiger partial charge on any atom is -0.492 e. The van der Waals surface area contributed by atoms with Gasteiger partial charge in [0.25, 0.3) is 0 Å². The topological polar surface area (TPSA) is 82.6 Å². The molecule has 162 valence electrons. The summed E-state index contributed by atoms with van der Waals surface area (Å²) in [4.78, 5) is 20.4. The molecule has 0 radical (unpaired) electrons. The molecule has 0 aliphatic carbocycles. The number of rotatable bonds is 9. The molecular formula is C24H27N3O4. The van der Waals surface area contributed by atoms with Crippen molar-refractivity contribution in [1.29, 1.82) is 0 Å². The molecule has 1 aromatic carbocycles. The predicted molar refractivity (Wildman–Crippen MR) is 118 cm³/mol. The Hall–Kier alpha value is -3.19. The molecule has 3 heterocycles. The van der Waals surface area contributed by atoms with E-state index < -0.39 is 0 Å². The van der Waals surface area contributed by atoms with Crippen molar-refractivity contribution in [2.24, 2.45) is 5.92 Å². The second-order valence-electron chi connectivity index (χ2n) is 7.82. The van der Waals surface area contributed by atoms with E-state index in [1.165, 1.54) is 0 Å². The zero-order valence-corrected chi connectivity index (χ0v) is 17.8. The van der Waals surface area contributed by atoms with Crippen LogP contribution in [0.2, 0.25) is 0 Å². The number of nitrogens with one attached hydrogen (secondary N) is 1. The van der Waals surface area contributed by atoms with Gasteiger partial charge in [-0.3, -0.25) is 9.78 Å². The molecule has 1 aliphatic rings. The van der Waals surface area contributed by atoms with Gasteiger partial charge in [-0.2, -0.15) is 0 Å². The zero-order chi connectivity index (χ0) is 21.6. The Balaban J connectivity index is 1.53. The standard InChI is InChI=1S/C24H27N3O4/c1-16(7-9-29-2)31-24-6-5-18(14-27-24)19-11-21-20(4-3-8-25-21)22(12-19)30-15-17-10-23(28)26-13-17/h3-6,8,11-12,14,16-17H,7,9-10,13,15H2,1-2H3,(H,26,28)/t16?,17-/m1/s1. The van der Waals surface area contributed by atoms with Crippen molar-refractivity contribution >= 4 is 16.8 Å². The highest BCUT2D eigenvalue weighted by Gasteiger charge is 2.22. The van der Waals surface area contributed by atoms with E-state index in [-0.39, 0.29) is 17.9 Å². The monoisotopic (exact) mass is 421 g/mol. The highest BCUT2D eigenvalue weighted by Crippen LogP contribution is 2.32. The Morgan fingerprint density at radius 2 is 2.10 bits per heavy atom. The van der Waals surface area contributed by atoms with E-state index in [1.807, 2.05) is 43.3 Å². The molecule has 1 unspecified atom stereocenters. The number of nitrogens with zero attached hydrogens (tertiary/aromatic N) is 2. The van der Waals surface area contributed by atoms with Crippen molar-refractivity contribution in [1.82, 2.24) is 15.3 Å². The fourth-order valence-electron chi connectivity index (χ4n) is 3.59. The summed E-state index contributed by atoms with van der Waals surface area (Å²) in [7, 11) is 1.68. The quantitative estimate of drug-likeness (QED) is 0.568. The van der Waals surface area contributed by atoms with Crippen LogP contribution in [0.3, 0.4) is 0 Å². The molecule has 4 rings (SSSR count). The van der Waals surface area contributed by atoms with Gasteiger partial charge in [-0.15, -0.1) is 0 Å². The fourth-order valence-corrected chi connectivity index (χ4v) is 3.59. The van der Waals surface area contributed by atoms with Gasteiger partial charge in [0.2, 0.25) is 11.8 Å². The van der Waals surface area contributed by atoms with Gasteiger partial charge in [0, 0.05) is 68.4 Å². The van der Waals surface area contributed by atoms with Gasteiger partial charge in [-0.05, 0) is 42.8 Å². The first-order valence-electron chi connectivity index (χ1n) is 10.5. The van der Waals surface area contributed by atoms with Crippen LogP contribution in [-0.2, 0) is 9.53 Å². The SMILES string of the molecule is COCCC(C)Oc1ccc(-c2cc(OC[C@H]3CNC(=O)C3)c3cccnc3c2)cn1. The lowest BCUT2D eigenvalue weighted by Crippen LogP contribution is -2.16. The Morgan fingerprint density at radius 1 is 1.19 bits per heavy atom. The lowest BCUT2D eigenvalue weighted by atomic mass is 10.0. The minimum absolute atomic E-state index is 0.0279. The summed E-state index contributed by atoms with van der Waals surface area (Å²) < 4.78 is 17.1. The molecule has 31 heavy (non-hydrogen) atoms. The third-order valence-corrected chi connectivity index (χ3v) is 5.34. The molecule has 0 saturated carbocycles. The molecule has 1 amide bonds. The highest BCUT2D eigenvalue weighted by molar-refractivity contribution is 5.90. The van der Waals surface area contributed by atoms with Crippen molar-refractivity contribution in [3.05, 3.63) is 48.8 Å². The third kappa shape index (κ3) is 5.30. The number of fused-ring (bicyclic) bond motifs is 1. The molecule has 3 aromatic rings. The maximum atomic E-state index is 11.5. The fraction of sp³-hybridized carbons (Fsp3) is 0.375. The van der Waals surface area contributed by atoms with Gasteiger partial charge in [0.05, 0.1) is 18.2 Å². The van der Waals surface area contributed by atoms with Crippen molar-refractivity contribution in [3.8, 4) is 22.8 Å². The molecule has 0 bridgehead atoms. The van der Waals surface area contributed by atoms with Gasteiger partial charge < -0.3 is 19.5 Å². The molecule has 1 saturated heterocycles. The average Bonchev–Trinajstić information content (AvgIpc) is 3.21. The molecule has 1 N–H and O–H groups in total. The molecule has 0 spiro atoms. The zero-order valence-electron chi connectivity index (χ0n) is 17.8. The summed E-state index contributed by atoms with van der Waals surface area (Å²) >= 11 is 0. The number of methoxy groups -OCH3 is 1. The van der Waals surface area contributed by atoms with Crippen LogP contribution in [0.1, 0.15) is 19.8 Å². The van der Waals surface area contributed by atoms with Crippen molar-refractivity contribution in [2.75, 3.05) is 26.9 Å². The molecule has 2 atom stereocenters. The Kier molecular flexibility index (Phi) is 6.62. The summed E-state index contributed by atoms with van der Waals surface area (Å²) in [5, 5.41) is 3.80. The number of pyridine rings is 2. The second kappa shape index (κ2) is 9.75. The number of hydrogen-bond donors (Lipinski definition) is 1. The van der Waals surface area contributed by atoms with Crippen LogP contribution in [0.4, 0.5) is 0 Å². The molecule has 7 nitrogen and oxygen atoms in total. The highest BCUT2D eigenvalue weighted by atomic mass is 16.5. The van der Waals surface area contributed by atoms with Gasteiger partial charge in [-0.1, -0.05) is 0 Å². The minimum atomic E-state index is 0.0279. The molecule has 1 fully saturated rings. The Labute approximate surface area is 181 Å².